The minimum atomic E-state index is 0.515. The van der Waals surface area contributed by atoms with Gasteiger partial charge in [0.2, 0.25) is 0 Å². The lowest BCUT2D eigenvalue weighted by Gasteiger charge is -2.39. The van der Waals surface area contributed by atoms with Crippen LogP contribution in [0.4, 0.5) is 11.4 Å². The molecule has 0 aliphatic carbocycles. The van der Waals surface area contributed by atoms with Gasteiger partial charge in [-0.3, -0.25) is 0 Å². The Morgan fingerprint density at radius 2 is 1.33 bits per heavy atom. The Hall–Kier alpha value is -1.84. The summed E-state index contributed by atoms with van der Waals surface area (Å²) in [6, 6.07) is 21.8. The second kappa shape index (κ2) is 6.74. The van der Waals surface area contributed by atoms with Crippen molar-refractivity contribution in [1.82, 2.24) is 5.06 Å². The number of rotatable bonds is 4. The number of para-hydroxylation sites is 2. The third kappa shape index (κ3) is 3.26. The predicted molar refractivity (Wildman–Crippen MR) is 86.6 cm³/mol. The van der Waals surface area contributed by atoms with E-state index < -0.39 is 0 Å². The molecule has 2 aromatic carbocycles. The van der Waals surface area contributed by atoms with Gasteiger partial charge >= 0.3 is 0 Å². The van der Waals surface area contributed by atoms with Gasteiger partial charge in [-0.1, -0.05) is 36.4 Å². The van der Waals surface area contributed by atoms with Crippen LogP contribution >= 0.6 is 0 Å². The van der Waals surface area contributed by atoms with Crippen molar-refractivity contribution in [3.63, 3.8) is 0 Å². The van der Waals surface area contributed by atoms with E-state index in [2.05, 4.69) is 65.6 Å². The average Bonchev–Trinajstić information content (AvgIpc) is 2.58. The van der Waals surface area contributed by atoms with Crippen LogP contribution in [0.1, 0.15) is 12.8 Å². The minimum Gasteiger partial charge on any atom is -0.338 e. The van der Waals surface area contributed by atoms with Crippen molar-refractivity contribution < 1.29 is 4.84 Å². The van der Waals surface area contributed by atoms with Gasteiger partial charge in [-0.25, -0.2) is 0 Å². The molecule has 0 radical (unpaired) electrons. The highest BCUT2D eigenvalue weighted by Crippen LogP contribution is 2.31. The second-order valence-corrected chi connectivity index (χ2v) is 5.38. The molecule has 0 N–H and O–H groups in total. The van der Waals surface area contributed by atoms with Gasteiger partial charge in [0.1, 0.15) is 0 Å². The molecule has 1 aliphatic heterocycles. The van der Waals surface area contributed by atoms with Gasteiger partial charge in [0.25, 0.3) is 0 Å². The first-order chi connectivity index (χ1) is 10.4. The van der Waals surface area contributed by atoms with Gasteiger partial charge < -0.3 is 9.74 Å². The molecule has 0 unspecified atom stereocenters. The Kier molecular flexibility index (Phi) is 4.53. The monoisotopic (exact) mass is 282 g/mol. The molecule has 3 rings (SSSR count). The number of hydroxylamine groups is 2. The number of benzene rings is 2. The Labute approximate surface area is 126 Å². The summed E-state index contributed by atoms with van der Waals surface area (Å²) in [5.74, 6) is 0. The van der Waals surface area contributed by atoms with E-state index in [4.69, 9.17) is 4.84 Å². The van der Waals surface area contributed by atoms with Gasteiger partial charge in [0.05, 0.1) is 7.11 Å². The summed E-state index contributed by atoms with van der Waals surface area (Å²) in [7, 11) is 1.76. The fourth-order valence-electron chi connectivity index (χ4n) is 3.03. The molecule has 0 amide bonds. The maximum Gasteiger partial charge on any atom is 0.0575 e. The lowest BCUT2D eigenvalue weighted by molar-refractivity contribution is -0.143. The van der Waals surface area contributed by atoms with Crippen LogP contribution in [0, 0.1) is 0 Å². The zero-order valence-corrected chi connectivity index (χ0v) is 12.5. The summed E-state index contributed by atoms with van der Waals surface area (Å²) in [5, 5.41) is 2.05. The van der Waals surface area contributed by atoms with Crippen molar-refractivity contribution in [1.29, 1.82) is 0 Å². The largest absolute Gasteiger partial charge is 0.338 e. The molecule has 1 heterocycles. The van der Waals surface area contributed by atoms with Gasteiger partial charge in [-0.05, 0) is 37.1 Å². The summed E-state index contributed by atoms with van der Waals surface area (Å²) >= 11 is 0. The predicted octanol–water partition coefficient (Wildman–Crippen LogP) is 3.85. The molecule has 1 saturated heterocycles. The van der Waals surface area contributed by atoms with Crippen LogP contribution in [0.25, 0.3) is 0 Å². The van der Waals surface area contributed by atoms with Crippen molar-refractivity contribution in [2.75, 3.05) is 25.1 Å². The first kappa shape index (κ1) is 14.1. The Morgan fingerprint density at radius 3 is 1.76 bits per heavy atom. The quantitative estimate of drug-likeness (QED) is 0.847. The van der Waals surface area contributed by atoms with Crippen molar-refractivity contribution in [2.24, 2.45) is 0 Å². The molecule has 110 valence electrons. The number of hydrogen-bond donors (Lipinski definition) is 0. The van der Waals surface area contributed by atoms with Gasteiger partial charge in [0, 0.05) is 30.5 Å². The Bertz CT molecular complexity index is 496. The van der Waals surface area contributed by atoms with E-state index >= 15 is 0 Å². The topological polar surface area (TPSA) is 15.7 Å². The van der Waals surface area contributed by atoms with Gasteiger partial charge in [-0.15, -0.1) is 0 Å². The zero-order chi connectivity index (χ0) is 14.5. The molecular formula is C18H22N2O. The molecule has 21 heavy (non-hydrogen) atoms. The third-order valence-electron chi connectivity index (χ3n) is 4.12. The van der Waals surface area contributed by atoms with Crippen molar-refractivity contribution in [3.05, 3.63) is 60.7 Å². The van der Waals surface area contributed by atoms with Crippen LogP contribution in [0.2, 0.25) is 0 Å². The third-order valence-corrected chi connectivity index (χ3v) is 4.12. The number of nitrogens with zero attached hydrogens (tertiary/aromatic N) is 2. The molecule has 1 aliphatic rings. The number of piperidine rings is 1. The van der Waals surface area contributed by atoms with E-state index in [9.17, 15) is 0 Å². The summed E-state index contributed by atoms with van der Waals surface area (Å²) < 4.78 is 0. The van der Waals surface area contributed by atoms with Crippen LogP contribution in [-0.2, 0) is 4.84 Å². The number of hydrogen-bond acceptors (Lipinski definition) is 3. The van der Waals surface area contributed by atoms with E-state index in [0.717, 1.165) is 25.9 Å². The normalized spacial score (nSPS) is 16.8. The Morgan fingerprint density at radius 1 is 0.857 bits per heavy atom. The Balaban J connectivity index is 1.87. The smallest absolute Gasteiger partial charge is 0.0575 e. The fourth-order valence-corrected chi connectivity index (χ4v) is 3.03. The van der Waals surface area contributed by atoms with Crippen LogP contribution in [0.5, 0.6) is 0 Å². The highest BCUT2D eigenvalue weighted by molar-refractivity contribution is 5.64. The van der Waals surface area contributed by atoms with Crippen LogP contribution in [-0.4, -0.2) is 31.3 Å². The standard InChI is InChI=1S/C18H22N2O/c1-21-19-14-12-18(13-15-19)20(16-8-4-2-5-9-16)17-10-6-3-7-11-17/h2-11,18H,12-15H2,1H3. The molecule has 1 fully saturated rings. The molecule has 0 bridgehead atoms. The number of anilines is 2. The molecule has 3 heteroatoms. The SMILES string of the molecule is CON1CCC(N(c2ccccc2)c2ccccc2)CC1. The molecular weight excluding hydrogens is 260 g/mol. The summed E-state index contributed by atoms with van der Waals surface area (Å²) in [6.45, 7) is 1.97. The fraction of sp³-hybridized carbons (Fsp3) is 0.333. The van der Waals surface area contributed by atoms with Crippen LogP contribution in [0.3, 0.4) is 0 Å². The summed E-state index contributed by atoms with van der Waals surface area (Å²) in [6.07, 6.45) is 2.22. The first-order valence-corrected chi connectivity index (χ1v) is 7.57. The maximum atomic E-state index is 5.35. The molecule has 0 saturated carbocycles. The summed E-state index contributed by atoms with van der Waals surface area (Å²) in [4.78, 5) is 7.81. The van der Waals surface area contributed by atoms with Crippen molar-refractivity contribution in [3.8, 4) is 0 Å². The van der Waals surface area contributed by atoms with Crippen molar-refractivity contribution in [2.45, 2.75) is 18.9 Å². The lowest BCUT2D eigenvalue weighted by Crippen LogP contribution is -2.42. The maximum absolute atomic E-state index is 5.35. The van der Waals surface area contributed by atoms with E-state index in [1.54, 1.807) is 7.11 Å². The average molecular weight is 282 g/mol. The van der Waals surface area contributed by atoms with E-state index in [1.807, 2.05) is 5.06 Å². The van der Waals surface area contributed by atoms with E-state index in [0.29, 0.717) is 6.04 Å². The highest BCUT2D eigenvalue weighted by Gasteiger charge is 2.25. The molecule has 0 atom stereocenters. The minimum absolute atomic E-state index is 0.515. The van der Waals surface area contributed by atoms with E-state index in [1.165, 1.54) is 11.4 Å². The van der Waals surface area contributed by atoms with E-state index in [-0.39, 0.29) is 0 Å². The molecule has 0 spiro atoms. The highest BCUT2D eigenvalue weighted by atomic mass is 16.7. The van der Waals surface area contributed by atoms with Crippen LogP contribution in [0.15, 0.2) is 60.7 Å². The zero-order valence-electron chi connectivity index (χ0n) is 12.5. The molecule has 2 aromatic rings. The second-order valence-electron chi connectivity index (χ2n) is 5.38. The molecule has 0 aromatic heterocycles. The van der Waals surface area contributed by atoms with Gasteiger partial charge in [0.15, 0.2) is 0 Å². The van der Waals surface area contributed by atoms with Crippen LogP contribution < -0.4 is 4.90 Å². The van der Waals surface area contributed by atoms with Gasteiger partial charge in [-0.2, -0.15) is 5.06 Å². The lowest BCUT2D eigenvalue weighted by atomic mass is 10.0. The summed E-state index contributed by atoms with van der Waals surface area (Å²) in [5.41, 5.74) is 2.53. The molecule has 3 nitrogen and oxygen atoms in total. The first-order valence-electron chi connectivity index (χ1n) is 7.57. The van der Waals surface area contributed by atoms with Crippen molar-refractivity contribution >= 4 is 11.4 Å².